The van der Waals surface area contributed by atoms with Crippen LogP contribution in [0.4, 0.5) is 4.79 Å². The lowest BCUT2D eigenvalue weighted by molar-refractivity contribution is -0.130. The second-order valence-electron chi connectivity index (χ2n) is 9.85. The topological polar surface area (TPSA) is 125 Å². The Morgan fingerprint density at radius 1 is 1.14 bits per heavy atom. The van der Waals surface area contributed by atoms with E-state index in [-0.39, 0.29) is 17.8 Å². The summed E-state index contributed by atoms with van der Waals surface area (Å²) in [5, 5.41) is 8.98. The van der Waals surface area contributed by atoms with Gasteiger partial charge in [0.25, 0.3) is 0 Å². The minimum atomic E-state index is -0.889. The molecule has 10 heteroatoms. The normalized spacial score (nSPS) is 13.3. The second-order valence-corrected chi connectivity index (χ2v) is 9.85. The van der Waals surface area contributed by atoms with Gasteiger partial charge < -0.3 is 15.4 Å². The number of ether oxygens (including phenoxy) is 1. The maximum atomic E-state index is 12.7. The molecule has 3 aromatic rings. The summed E-state index contributed by atoms with van der Waals surface area (Å²) < 4.78 is 8.47. The first kappa shape index (κ1) is 26.1. The molecule has 2 amide bonds. The number of aryl methyl sites for hydroxylation is 1. The van der Waals surface area contributed by atoms with Gasteiger partial charge in [-0.15, -0.1) is 0 Å². The summed E-state index contributed by atoms with van der Waals surface area (Å²) in [6.07, 6.45) is 8.76. The minimum Gasteiger partial charge on any atom is -0.410 e. The third-order valence-electron chi connectivity index (χ3n) is 6.38. The Bertz CT molecular complexity index is 1310. The van der Waals surface area contributed by atoms with Crippen molar-refractivity contribution in [1.82, 2.24) is 24.5 Å². The lowest BCUT2D eigenvalue weighted by Crippen LogP contribution is -2.27. The first-order chi connectivity index (χ1) is 17.8. The SMILES string of the molecule is CC(C)Cc1ccc(OC(N)=O)cc1Cc1nn(-c2cnn(CCCC(=O)N3CCCC3)c2)ccc1=O. The predicted molar refractivity (Wildman–Crippen MR) is 139 cm³/mol. The summed E-state index contributed by atoms with van der Waals surface area (Å²) in [6.45, 7) is 6.59. The fourth-order valence-electron chi connectivity index (χ4n) is 4.59. The molecule has 0 saturated carbocycles. The van der Waals surface area contributed by atoms with Gasteiger partial charge in [-0.3, -0.25) is 14.3 Å². The Balaban J connectivity index is 1.48. The zero-order valence-electron chi connectivity index (χ0n) is 21.4. The summed E-state index contributed by atoms with van der Waals surface area (Å²) in [7, 11) is 0. The third kappa shape index (κ3) is 7.05. The van der Waals surface area contributed by atoms with Crippen molar-refractivity contribution < 1.29 is 14.3 Å². The first-order valence-electron chi connectivity index (χ1n) is 12.8. The van der Waals surface area contributed by atoms with Gasteiger partial charge in [-0.25, -0.2) is 9.48 Å². The number of benzene rings is 1. The van der Waals surface area contributed by atoms with Crippen LogP contribution in [0.3, 0.4) is 0 Å². The molecule has 1 saturated heterocycles. The van der Waals surface area contributed by atoms with E-state index in [1.807, 2.05) is 17.2 Å². The molecule has 0 aliphatic carbocycles. The van der Waals surface area contributed by atoms with E-state index in [9.17, 15) is 14.4 Å². The number of likely N-dealkylation sites (tertiary alicyclic amines) is 1. The quantitative estimate of drug-likeness (QED) is 0.450. The van der Waals surface area contributed by atoms with Gasteiger partial charge in [-0.2, -0.15) is 10.2 Å². The van der Waals surface area contributed by atoms with E-state index in [0.29, 0.717) is 36.7 Å². The molecule has 37 heavy (non-hydrogen) atoms. The van der Waals surface area contributed by atoms with Crippen LogP contribution in [0.25, 0.3) is 5.69 Å². The molecule has 0 spiro atoms. The van der Waals surface area contributed by atoms with E-state index in [1.54, 1.807) is 33.9 Å². The molecular weight excluding hydrogens is 472 g/mol. The molecule has 0 atom stereocenters. The molecule has 2 N–H and O–H groups in total. The van der Waals surface area contributed by atoms with Crippen LogP contribution in [-0.2, 0) is 24.2 Å². The monoisotopic (exact) mass is 506 g/mol. The highest BCUT2D eigenvalue weighted by molar-refractivity contribution is 5.76. The zero-order valence-corrected chi connectivity index (χ0v) is 21.4. The number of nitrogens with two attached hydrogens (primary N) is 1. The molecular formula is C27H34N6O4. The highest BCUT2D eigenvalue weighted by Gasteiger charge is 2.17. The largest absolute Gasteiger partial charge is 0.410 e. The van der Waals surface area contributed by atoms with Crippen LogP contribution in [0.2, 0.25) is 0 Å². The Morgan fingerprint density at radius 3 is 2.65 bits per heavy atom. The van der Waals surface area contributed by atoms with Crippen LogP contribution in [0.1, 0.15) is 56.4 Å². The Kier molecular flexibility index (Phi) is 8.37. The maximum absolute atomic E-state index is 12.7. The number of primary amides is 1. The van der Waals surface area contributed by atoms with E-state index >= 15 is 0 Å². The molecule has 2 aromatic heterocycles. The average molecular weight is 507 g/mol. The number of aromatic nitrogens is 4. The lowest BCUT2D eigenvalue weighted by atomic mass is 9.95. The number of carbonyl (C=O) groups excluding carboxylic acids is 2. The molecule has 1 fully saturated rings. The highest BCUT2D eigenvalue weighted by atomic mass is 16.5. The van der Waals surface area contributed by atoms with Crippen molar-refractivity contribution in [1.29, 1.82) is 0 Å². The average Bonchev–Trinajstić information content (AvgIpc) is 3.54. The highest BCUT2D eigenvalue weighted by Crippen LogP contribution is 2.22. The summed E-state index contributed by atoms with van der Waals surface area (Å²) in [4.78, 5) is 38.1. The van der Waals surface area contributed by atoms with Gasteiger partial charge in [-0.05, 0) is 54.9 Å². The van der Waals surface area contributed by atoms with Gasteiger partial charge in [0.1, 0.15) is 17.1 Å². The molecule has 0 unspecified atom stereocenters. The standard InChI is InChI=1S/C27H34N6O4/c1-19(2)14-20-7-8-23(37-27(28)36)15-21(20)16-24-25(34)9-13-33(30-24)22-17-29-32(18-22)12-5-6-26(35)31-10-3-4-11-31/h7-9,13,15,17-19H,3-6,10-12,14,16H2,1-2H3,(H2,28,36). The lowest BCUT2D eigenvalue weighted by Gasteiger charge is -2.14. The van der Waals surface area contributed by atoms with E-state index in [1.165, 1.54) is 6.07 Å². The van der Waals surface area contributed by atoms with Gasteiger partial charge in [0.2, 0.25) is 11.3 Å². The molecule has 10 nitrogen and oxygen atoms in total. The van der Waals surface area contributed by atoms with Gasteiger partial charge in [0, 0.05) is 44.7 Å². The van der Waals surface area contributed by atoms with Gasteiger partial charge in [0.05, 0.1) is 12.4 Å². The summed E-state index contributed by atoms with van der Waals surface area (Å²) in [5.41, 5.74) is 8.00. The van der Waals surface area contributed by atoms with Gasteiger partial charge >= 0.3 is 6.09 Å². The van der Waals surface area contributed by atoms with Crippen molar-refractivity contribution in [3.05, 3.63) is 69.9 Å². The number of nitrogens with zero attached hydrogens (tertiary/aromatic N) is 5. The first-order valence-corrected chi connectivity index (χ1v) is 12.8. The van der Waals surface area contributed by atoms with Crippen LogP contribution in [-0.4, -0.2) is 49.6 Å². The summed E-state index contributed by atoms with van der Waals surface area (Å²) in [5.74, 6) is 0.938. The Morgan fingerprint density at radius 2 is 1.92 bits per heavy atom. The number of carbonyl (C=O) groups is 2. The number of hydrogen-bond donors (Lipinski definition) is 1. The van der Waals surface area contributed by atoms with Crippen molar-refractivity contribution in [2.75, 3.05) is 13.1 Å². The van der Waals surface area contributed by atoms with Gasteiger partial charge in [-0.1, -0.05) is 19.9 Å². The van der Waals surface area contributed by atoms with Crippen LogP contribution < -0.4 is 15.9 Å². The van der Waals surface area contributed by atoms with Crippen LogP contribution >= 0.6 is 0 Å². The van der Waals surface area contributed by atoms with E-state index < -0.39 is 6.09 Å². The molecule has 0 bridgehead atoms. The molecule has 1 aromatic carbocycles. The molecule has 0 radical (unpaired) electrons. The van der Waals surface area contributed by atoms with Crippen LogP contribution in [0.5, 0.6) is 5.75 Å². The summed E-state index contributed by atoms with van der Waals surface area (Å²) >= 11 is 0. The number of rotatable bonds is 10. The van der Waals surface area contributed by atoms with Crippen molar-refractivity contribution in [3.8, 4) is 11.4 Å². The van der Waals surface area contributed by atoms with Gasteiger partial charge in [0.15, 0.2) is 0 Å². The smallest absolute Gasteiger partial charge is 0.409 e. The second kappa shape index (κ2) is 11.9. The van der Waals surface area contributed by atoms with E-state index in [0.717, 1.165) is 49.2 Å². The van der Waals surface area contributed by atoms with E-state index in [2.05, 4.69) is 24.0 Å². The van der Waals surface area contributed by atoms with E-state index in [4.69, 9.17) is 10.5 Å². The fourth-order valence-corrected chi connectivity index (χ4v) is 4.59. The molecule has 4 rings (SSSR count). The minimum absolute atomic E-state index is 0.180. The number of hydrogen-bond acceptors (Lipinski definition) is 6. The van der Waals surface area contributed by atoms with Crippen molar-refractivity contribution >= 4 is 12.0 Å². The van der Waals surface area contributed by atoms with Crippen molar-refractivity contribution in [2.24, 2.45) is 11.7 Å². The maximum Gasteiger partial charge on any atom is 0.409 e. The predicted octanol–water partition coefficient (Wildman–Crippen LogP) is 3.08. The molecule has 3 heterocycles. The molecule has 1 aliphatic rings. The molecule has 1 aliphatic heterocycles. The van der Waals surface area contributed by atoms with Crippen LogP contribution in [0.15, 0.2) is 47.7 Å². The van der Waals surface area contributed by atoms with Crippen LogP contribution in [0, 0.1) is 5.92 Å². The fraction of sp³-hybridized carbons (Fsp3) is 0.444. The molecule has 196 valence electrons. The zero-order chi connectivity index (χ0) is 26.4. The Hall–Kier alpha value is -3.95. The van der Waals surface area contributed by atoms with Crippen molar-refractivity contribution in [2.45, 2.75) is 58.9 Å². The summed E-state index contributed by atoms with van der Waals surface area (Å²) in [6, 6.07) is 6.83. The van der Waals surface area contributed by atoms with Crippen molar-refractivity contribution in [3.63, 3.8) is 0 Å². The third-order valence-corrected chi connectivity index (χ3v) is 6.38. The Labute approximate surface area is 216 Å². The number of amides is 2.